The number of nitrogens with zero attached hydrogens (tertiary/aromatic N) is 1. The van der Waals surface area contributed by atoms with Crippen molar-refractivity contribution in [2.24, 2.45) is 5.73 Å². The monoisotopic (exact) mass is 246 g/mol. The van der Waals surface area contributed by atoms with E-state index in [-0.39, 0.29) is 11.9 Å². The number of aryl methyl sites for hydroxylation is 1. The van der Waals surface area contributed by atoms with Crippen LogP contribution in [0.3, 0.4) is 0 Å². The molecule has 3 nitrogen and oxygen atoms in total. The molecule has 98 valence electrons. The summed E-state index contributed by atoms with van der Waals surface area (Å²) < 4.78 is 0. The van der Waals surface area contributed by atoms with E-state index in [1.807, 2.05) is 36.1 Å². The number of hydrogen-bond acceptors (Lipinski definition) is 2. The number of nitrogens with two attached hydrogens (primary N) is 1. The summed E-state index contributed by atoms with van der Waals surface area (Å²) in [6.07, 6.45) is 3.93. The van der Waals surface area contributed by atoms with Gasteiger partial charge in [-0.05, 0) is 37.3 Å². The highest BCUT2D eigenvalue weighted by Crippen LogP contribution is 2.20. The summed E-state index contributed by atoms with van der Waals surface area (Å²) in [6.45, 7) is 3.85. The van der Waals surface area contributed by atoms with E-state index in [0.29, 0.717) is 6.42 Å². The Morgan fingerprint density at radius 1 is 1.28 bits per heavy atom. The molecule has 1 unspecified atom stereocenters. The van der Waals surface area contributed by atoms with Gasteiger partial charge >= 0.3 is 0 Å². The standard InChI is InChI=1S/C15H22N2O/c1-12-7-3-4-8-13(12)14(16)11-15(18)17-9-5-2-6-10-17/h3-4,7-8,14H,2,5-6,9-11,16H2,1H3. The van der Waals surface area contributed by atoms with Gasteiger partial charge in [-0.15, -0.1) is 0 Å². The number of hydrogen-bond donors (Lipinski definition) is 1. The zero-order chi connectivity index (χ0) is 13.0. The van der Waals surface area contributed by atoms with E-state index < -0.39 is 0 Å². The first-order chi connectivity index (χ1) is 8.68. The van der Waals surface area contributed by atoms with E-state index in [1.54, 1.807) is 0 Å². The van der Waals surface area contributed by atoms with E-state index >= 15 is 0 Å². The molecule has 3 heteroatoms. The number of amides is 1. The van der Waals surface area contributed by atoms with Crippen molar-refractivity contribution in [1.82, 2.24) is 4.90 Å². The van der Waals surface area contributed by atoms with Gasteiger partial charge in [-0.3, -0.25) is 4.79 Å². The molecular weight excluding hydrogens is 224 g/mol. The highest BCUT2D eigenvalue weighted by molar-refractivity contribution is 5.77. The molecular formula is C15H22N2O. The maximum absolute atomic E-state index is 12.1. The highest BCUT2D eigenvalue weighted by atomic mass is 16.2. The maximum atomic E-state index is 12.1. The average Bonchev–Trinajstić information content (AvgIpc) is 2.40. The fraction of sp³-hybridized carbons (Fsp3) is 0.533. The third-order valence-electron chi connectivity index (χ3n) is 3.69. The van der Waals surface area contributed by atoms with Crippen molar-refractivity contribution in [1.29, 1.82) is 0 Å². The van der Waals surface area contributed by atoms with E-state index in [2.05, 4.69) is 0 Å². The summed E-state index contributed by atoms with van der Waals surface area (Å²) >= 11 is 0. The van der Waals surface area contributed by atoms with Gasteiger partial charge in [0.05, 0.1) is 0 Å². The molecule has 1 aromatic carbocycles. The number of rotatable bonds is 3. The molecule has 1 heterocycles. The van der Waals surface area contributed by atoms with Gasteiger partial charge < -0.3 is 10.6 Å². The molecule has 1 aliphatic rings. The summed E-state index contributed by atoms with van der Waals surface area (Å²) in [6, 6.07) is 7.86. The Hall–Kier alpha value is -1.35. The third-order valence-corrected chi connectivity index (χ3v) is 3.69. The Morgan fingerprint density at radius 2 is 1.94 bits per heavy atom. The lowest BCUT2D eigenvalue weighted by Crippen LogP contribution is -2.37. The van der Waals surface area contributed by atoms with Gasteiger partial charge in [0.2, 0.25) is 5.91 Å². The minimum Gasteiger partial charge on any atom is -0.343 e. The molecule has 1 aliphatic heterocycles. The Morgan fingerprint density at radius 3 is 2.61 bits per heavy atom. The van der Waals surface area contributed by atoms with Gasteiger partial charge in [-0.2, -0.15) is 0 Å². The topological polar surface area (TPSA) is 46.3 Å². The molecule has 0 aromatic heterocycles. The van der Waals surface area contributed by atoms with E-state index in [4.69, 9.17) is 5.73 Å². The number of carbonyl (C=O) groups excluding carboxylic acids is 1. The Kier molecular flexibility index (Phi) is 4.37. The number of likely N-dealkylation sites (tertiary alicyclic amines) is 1. The van der Waals surface area contributed by atoms with Crippen molar-refractivity contribution in [3.05, 3.63) is 35.4 Å². The van der Waals surface area contributed by atoms with E-state index in [0.717, 1.165) is 37.1 Å². The number of carbonyl (C=O) groups is 1. The fourth-order valence-corrected chi connectivity index (χ4v) is 2.57. The zero-order valence-electron chi connectivity index (χ0n) is 11.1. The molecule has 1 aromatic rings. The molecule has 0 bridgehead atoms. The molecule has 0 spiro atoms. The van der Waals surface area contributed by atoms with Crippen molar-refractivity contribution in [2.45, 2.75) is 38.6 Å². The quantitative estimate of drug-likeness (QED) is 0.890. The van der Waals surface area contributed by atoms with Crippen LogP contribution in [0.1, 0.15) is 42.9 Å². The van der Waals surface area contributed by atoms with Gasteiger partial charge in [-0.1, -0.05) is 24.3 Å². The van der Waals surface area contributed by atoms with Crippen LogP contribution < -0.4 is 5.73 Å². The predicted octanol–water partition coefficient (Wildman–Crippen LogP) is 2.40. The molecule has 1 atom stereocenters. The van der Waals surface area contributed by atoms with Crippen LogP contribution in [0.25, 0.3) is 0 Å². The first kappa shape index (κ1) is 13.1. The lowest BCUT2D eigenvalue weighted by molar-refractivity contribution is -0.132. The van der Waals surface area contributed by atoms with Crippen LogP contribution in [0.2, 0.25) is 0 Å². The maximum Gasteiger partial charge on any atom is 0.224 e. The van der Waals surface area contributed by atoms with Crippen molar-refractivity contribution in [3.8, 4) is 0 Å². The minimum absolute atomic E-state index is 0.180. The predicted molar refractivity (Wildman–Crippen MR) is 73.2 cm³/mol. The van der Waals surface area contributed by atoms with Crippen LogP contribution in [0.15, 0.2) is 24.3 Å². The largest absolute Gasteiger partial charge is 0.343 e. The Labute approximate surface area is 109 Å². The summed E-state index contributed by atoms with van der Waals surface area (Å²) in [5.41, 5.74) is 8.41. The van der Waals surface area contributed by atoms with Crippen molar-refractivity contribution < 1.29 is 4.79 Å². The lowest BCUT2D eigenvalue weighted by Gasteiger charge is -2.28. The Balaban J connectivity index is 1.96. The van der Waals surface area contributed by atoms with Crippen LogP contribution in [0.4, 0.5) is 0 Å². The summed E-state index contributed by atoms with van der Waals surface area (Å²) in [5, 5.41) is 0. The summed E-state index contributed by atoms with van der Waals surface area (Å²) in [4.78, 5) is 14.1. The minimum atomic E-state index is -0.180. The lowest BCUT2D eigenvalue weighted by atomic mass is 9.98. The van der Waals surface area contributed by atoms with Crippen molar-refractivity contribution in [2.75, 3.05) is 13.1 Å². The molecule has 0 saturated carbocycles. The summed E-state index contributed by atoms with van der Waals surface area (Å²) in [7, 11) is 0. The SMILES string of the molecule is Cc1ccccc1C(N)CC(=O)N1CCCCC1. The number of piperidine rings is 1. The van der Waals surface area contributed by atoms with Crippen LogP contribution in [-0.4, -0.2) is 23.9 Å². The zero-order valence-corrected chi connectivity index (χ0v) is 11.1. The average molecular weight is 246 g/mol. The van der Waals surface area contributed by atoms with Crippen LogP contribution in [0.5, 0.6) is 0 Å². The second-order valence-corrected chi connectivity index (χ2v) is 5.11. The van der Waals surface area contributed by atoms with Gasteiger partial charge in [0.15, 0.2) is 0 Å². The van der Waals surface area contributed by atoms with Gasteiger partial charge in [0.25, 0.3) is 0 Å². The molecule has 1 amide bonds. The highest BCUT2D eigenvalue weighted by Gasteiger charge is 2.20. The van der Waals surface area contributed by atoms with Gasteiger partial charge in [-0.25, -0.2) is 0 Å². The van der Waals surface area contributed by atoms with Crippen molar-refractivity contribution in [3.63, 3.8) is 0 Å². The Bertz CT molecular complexity index is 411. The molecule has 0 aliphatic carbocycles. The first-order valence-corrected chi connectivity index (χ1v) is 6.77. The molecule has 2 N–H and O–H groups in total. The van der Waals surface area contributed by atoms with Gasteiger partial charge in [0, 0.05) is 25.6 Å². The smallest absolute Gasteiger partial charge is 0.224 e. The first-order valence-electron chi connectivity index (χ1n) is 6.77. The second kappa shape index (κ2) is 6.01. The van der Waals surface area contributed by atoms with Crippen molar-refractivity contribution >= 4 is 5.91 Å². The fourth-order valence-electron chi connectivity index (χ4n) is 2.57. The molecule has 1 saturated heterocycles. The van der Waals surface area contributed by atoms with E-state index in [9.17, 15) is 4.79 Å². The van der Waals surface area contributed by atoms with Crippen LogP contribution in [-0.2, 0) is 4.79 Å². The molecule has 1 fully saturated rings. The van der Waals surface area contributed by atoms with Crippen LogP contribution in [0, 0.1) is 6.92 Å². The normalized spacial score (nSPS) is 17.6. The van der Waals surface area contributed by atoms with Gasteiger partial charge in [0.1, 0.15) is 0 Å². The second-order valence-electron chi connectivity index (χ2n) is 5.11. The molecule has 18 heavy (non-hydrogen) atoms. The number of benzene rings is 1. The summed E-state index contributed by atoms with van der Waals surface area (Å²) in [5.74, 6) is 0.199. The third kappa shape index (κ3) is 3.10. The molecule has 2 rings (SSSR count). The van der Waals surface area contributed by atoms with E-state index in [1.165, 1.54) is 6.42 Å². The molecule has 0 radical (unpaired) electrons. The van der Waals surface area contributed by atoms with Crippen LogP contribution >= 0.6 is 0 Å².